The Bertz CT molecular complexity index is 537. The Hall–Kier alpha value is -1.74. The first-order chi connectivity index (χ1) is 9.69. The van der Waals surface area contributed by atoms with E-state index in [1.807, 2.05) is 43.3 Å². The van der Waals surface area contributed by atoms with Crippen molar-refractivity contribution in [1.29, 1.82) is 0 Å². The van der Waals surface area contributed by atoms with Gasteiger partial charge >= 0.3 is 0 Å². The van der Waals surface area contributed by atoms with Crippen molar-refractivity contribution in [2.75, 3.05) is 14.2 Å². The lowest BCUT2D eigenvalue weighted by molar-refractivity contribution is 0.382. The number of rotatable bonds is 5. The van der Waals surface area contributed by atoms with Crippen molar-refractivity contribution in [3.05, 3.63) is 53.9 Å². The molecule has 0 amide bonds. The molecule has 2 atom stereocenters. The Morgan fingerprint density at radius 2 is 1.65 bits per heavy atom. The zero-order valence-corrected chi connectivity index (χ0v) is 12.6. The van der Waals surface area contributed by atoms with Crippen LogP contribution >= 0.6 is 11.6 Å². The Balaban J connectivity index is 2.40. The van der Waals surface area contributed by atoms with Gasteiger partial charge in [-0.05, 0) is 24.3 Å². The van der Waals surface area contributed by atoms with Crippen molar-refractivity contribution in [3.8, 4) is 11.5 Å². The summed E-state index contributed by atoms with van der Waals surface area (Å²) in [6, 6.07) is 11.5. The summed E-state index contributed by atoms with van der Waals surface area (Å²) in [6.45, 7) is 2.05. The van der Waals surface area contributed by atoms with Crippen molar-refractivity contribution in [2.24, 2.45) is 0 Å². The van der Waals surface area contributed by atoms with Crippen LogP contribution in [0.15, 0.2) is 42.6 Å². The number of nitrogens with zero attached hydrogens (tertiary/aromatic N) is 1. The van der Waals surface area contributed by atoms with Gasteiger partial charge in [-0.3, -0.25) is 4.98 Å². The summed E-state index contributed by atoms with van der Waals surface area (Å²) < 4.78 is 10.8. The molecule has 0 radical (unpaired) electrons. The van der Waals surface area contributed by atoms with Crippen LogP contribution in [-0.4, -0.2) is 19.2 Å². The molecule has 106 valence electrons. The molecule has 0 saturated heterocycles. The molecular formula is C16H18ClNO2. The number of aromatic nitrogens is 1. The first-order valence-electron chi connectivity index (χ1n) is 6.45. The summed E-state index contributed by atoms with van der Waals surface area (Å²) in [5, 5.41) is -0.281. The van der Waals surface area contributed by atoms with Crippen LogP contribution in [0.2, 0.25) is 0 Å². The lowest BCUT2D eigenvalue weighted by atomic mass is 9.95. The van der Waals surface area contributed by atoms with Crippen molar-refractivity contribution in [1.82, 2.24) is 4.98 Å². The molecule has 0 spiro atoms. The Kier molecular flexibility index (Phi) is 4.85. The van der Waals surface area contributed by atoms with E-state index < -0.39 is 0 Å². The van der Waals surface area contributed by atoms with Crippen molar-refractivity contribution in [2.45, 2.75) is 18.2 Å². The van der Waals surface area contributed by atoms with Gasteiger partial charge in [0.05, 0.1) is 25.2 Å². The third-order valence-corrected chi connectivity index (χ3v) is 3.93. The number of hydrogen-bond donors (Lipinski definition) is 0. The largest absolute Gasteiger partial charge is 0.496 e. The van der Waals surface area contributed by atoms with Crippen LogP contribution in [0.1, 0.15) is 29.5 Å². The van der Waals surface area contributed by atoms with Crippen LogP contribution in [-0.2, 0) is 0 Å². The lowest BCUT2D eigenvalue weighted by Gasteiger charge is -2.22. The molecule has 0 aliphatic heterocycles. The third kappa shape index (κ3) is 2.88. The summed E-state index contributed by atoms with van der Waals surface area (Å²) >= 11 is 6.66. The first-order valence-corrected chi connectivity index (χ1v) is 6.88. The van der Waals surface area contributed by atoms with Crippen LogP contribution in [0.4, 0.5) is 0 Å². The van der Waals surface area contributed by atoms with Crippen molar-refractivity contribution in [3.63, 3.8) is 0 Å². The summed E-state index contributed by atoms with van der Waals surface area (Å²) in [4.78, 5) is 4.37. The van der Waals surface area contributed by atoms with E-state index in [0.29, 0.717) is 0 Å². The van der Waals surface area contributed by atoms with Gasteiger partial charge in [-0.25, -0.2) is 0 Å². The highest BCUT2D eigenvalue weighted by molar-refractivity contribution is 6.21. The van der Waals surface area contributed by atoms with E-state index in [4.69, 9.17) is 21.1 Å². The molecule has 0 aliphatic carbocycles. The number of methoxy groups -OCH3 is 2. The van der Waals surface area contributed by atoms with E-state index >= 15 is 0 Å². The van der Waals surface area contributed by atoms with Gasteiger partial charge in [0.15, 0.2) is 0 Å². The molecule has 0 aliphatic rings. The van der Waals surface area contributed by atoms with Gasteiger partial charge in [0.2, 0.25) is 0 Å². The zero-order valence-electron chi connectivity index (χ0n) is 11.8. The lowest BCUT2D eigenvalue weighted by Crippen LogP contribution is -2.07. The van der Waals surface area contributed by atoms with Gasteiger partial charge in [0, 0.05) is 17.8 Å². The summed E-state index contributed by atoms with van der Waals surface area (Å²) in [7, 11) is 3.26. The average molecular weight is 292 g/mol. The Morgan fingerprint density at radius 3 is 2.15 bits per heavy atom. The maximum Gasteiger partial charge on any atom is 0.127 e. The van der Waals surface area contributed by atoms with Gasteiger partial charge in [-0.2, -0.15) is 0 Å². The van der Waals surface area contributed by atoms with Crippen LogP contribution < -0.4 is 9.47 Å². The predicted octanol–water partition coefficient (Wildman–Crippen LogP) is 4.18. The molecular weight excluding hydrogens is 274 g/mol. The topological polar surface area (TPSA) is 31.4 Å². The maximum atomic E-state index is 6.66. The van der Waals surface area contributed by atoms with Crippen molar-refractivity contribution >= 4 is 11.6 Å². The Morgan fingerprint density at radius 1 is 1.00 bits per heavy atom. The number of halogens is 1. The summed E-state index contributed by atoms with van der Waals surface area (Å²) in [5.74, 6) is 1.50. The van der Waals surface area contributed by atoms with E-state index in [1.54, 1.807) is 20.4 Å². The molecule has 1 aromatic carbocycles. The van der Waals surface area contributed by atoms with Crippen LogP contribution in [0, 0.1) is 0 Å². The molecule has 0 N–H and O–H groups in total. The van der Waals surface area contributed by atoms with Gasteiger partial charge < -0.3 is 9.47 Å². The standard InChI is InChI=1S/C16H18ClNO2/c1-11(12-7-4-5-10-18-12)16(17)15-13(19-2)8-6-9-14(15)20-3/h4-11,16H,1-3H3. The second kappa shape index (κ2) is 6.62. The number of alkyl halides is 1. The fourth-order valence-corrected chi connectivity index (χ4v) is 2.54. The maximum absolute atomic E-state index is 6.66. The van der Waals surface area contributed by atoms with Gasteiger partial charge in [-0.15, -0.1) is 11.6 Å². The number of hydrogen-bond acceptors (Lipinski definition) is 3. The third-order valence-electron chi connectivity index (χ3n) is 3.33. The molecule has 0 bridgehead atoms. The summed E-state index contributed by atoms with van der Waals surface area (Å²) in [6.07, 6.45) is 1.77. The first kappa shape index (κ1) is 14.7. The Labute approximate surface area is 124 Å². The molecule has 2 rings (SSSR count). The molecule has 4 heteroatoms. The van der Waals surface area contributed by atoms with Gasteiger partial charge in [0.1, 0.15) is 11.5 Å². The SMILES string of the molecule is COc1cccc(OC)c1C(Cl)C(C)c1ccccn1. The highest BCUT2D eigenvalue weighted by atomic mass is 35.5. The van der Waals surface area contributed by atoms with E-state index in [2.05, 4.69) is 4.98 Å². The molecule has 0 fully saturated rings. The van der Waals surface area contributed by atoms with E-state index in [9.17, 15) is 0 Å². The van der Waals surface area contributed by atoms with Crippen LogP contribution in [0.25, 0.3) is 0 Å². The zero-order chi connectivity index (χ0) is 14.5. The minimum Gasteiger partial charge on any atom is -0.496 e. The monoisotopic (exact) mass is 291 g/mol. The number of benzene rings is 1. The molecule has 0 saturated carbocycles. The quantitative estimate of drug-likeness (QED) is 0.774. The van der Waals surface area contributed by atoms with E-state index in [0.717, 1.165) is 22.8 Å². The molecule has 1 aromatic heterocycles. The number of ether oxygens (including phenoxy) is 2. The van der Waals surface area contributed by atoms with Crippen LogP contribution in [0.5, 0.6) is 11.5 Å². The van der Waals surface area contributed by atoms with E-state index in [-0.39, 0.29) is 11.3 Å². The highest BCUT2D eigenvalue weighted by Crippen LogP contribution is 2.44. The minimum absolute atomic E-state index is 0.0445. The molecule has 20 heavy (non-hydrogen) atoms. The second-order valence-corrected chi connectivity index (χ2v) is 4.99. The summed E-state index contributed by atoms with van der Waals surface area (Å²) in [5.41, 5.74) is 1.80. The average Bonchev–Trinajstić information content (AvgIpc) is 2.53. The smallest absolute Gasteiger partial charge is 0.127 e. The van der Waals surface area contributed by atoms with Gasteiger partial charge in [-0.1, -0.05) is 19.1 Å². The molecule has 2 unspecified atom stereocenters. The predicted molar refractivity (Wildman–Crippen MR) is 80.8 cm³/mol. The van der Waals surface area contributed by atoms with Crippen molar-refractivity contribution < 1.29 is 9.47 Å². The fourth-order valence-electron chi connectivity index (χ4n) is 2.20. The molecule has 2 aromatic rings. The van der Waals surface area contributed by atoms with Gasteiger partial charge in [0.25, 0.3) is 0 Å². The highest BCUT2D eigenvalue weighted by Gasteiger charge is 2.25. The molecule has 1 heterocycles. The number of pyridine rings is 1. The van der Waals surface area contributed by atoms with Crippen LogP contribution in [0.3, 0.4) is 0 Å². The second-order valence-electron chi connectivity index (χ2n) is 4.52. The fraction of sp³-hybridized carbons (Fsp3) is 0.312. The minimum atomic E-state index is -0.281. The normalized spacial score (nSPS) is 13.6. The van der Waals surface area contributed by atoms with E-state index in [1.165, 1.54) is 0 Å². The molecule has 3 nitrogen and oxygen atoms in total.